The van der Waals surface area contributed by atoms with Crippen LogP contribution in [-0.2, 0) is 20.8 Å². The molecule has 5 N–H and O–H groups in total. The average Bonchev–Trinajstić information content (AvgIpc) is 2.78. The van der Waals surface area contributed by atoms with Gasteiger partial charge in [0, 0.05) is 51.0 Å². The molecule has 0 aliphatic heterocycles. The van der Waals surface area contributed by atoms with Crippen molar-refractivity contribution in [2.24, 2.45) is 0 Å². The number of unbranched alkanes of at least 4 members (excludes halogenated alkanes) is 4. The molecule has 7 heteroatoms. The molecule has 0 unspecified atom stereocenters. The SMILES string of the molecule is C#CCCC(=O)NCCCCCC(=O)NCCCCCC(=O)NCCc1ccc(N)cc1. The third-order valence-electron chi connectivity index (χ3n) is 5.02. The number of hydrogen-bond acceptors (Lipinski definition) is 4. The highest BCUT2D eigenvalue weighted by molar-refractivity contribution is 5.76. The fourth-order valence-electron chi connectivity index (χ4n) is 3.11. The van der Waals surface area contributed by atoms with Crippen LogP contribution in [0.4, 0.5) is 5.69 Å². The van der Waals surface area contributed by atoms with Crippen LogP contribution in [-0.4, -0.2) is 37.4 Å². The van der Waals surface area contributed by atoms with Gasteiger partial charge in [0.05, 0.1) is 0 Å². The van der Waals surface area contributed by atoms with Crippen LogP contribution in [0, 0.1) is 12.3 Å². The van der Waals surface area contributed by atoms with Crippen molar-refractivity contribution in [1.82, 2.24) is 16.0 Å². The number of nitrogen functional groups attached to an aromatic ring is 1. The number of terminal acetylenes is 1. The highest BCUT2D eigenvalue weighted by Crippen LogP contribution is 2.06. The average molecular weight is 443 g/mol. The van der Waals surface area contributed by atoms with Gasteiger partial charge in [0.2, 0.25) is 17.7 Å². The summed E-state index contributed by atoms with van der Waals surface area (Å²) in [7, 11) is 0. The second-order valence-corrected chi connectivity index (χ2v) is 7.87. The lowest BCUT2D eigenvalue weighted by atomic mass is 10.1. The molecule has 0 aromatic heterocycles. The van der Waals surface area contributed by atoms with E-state index in [2.05, 4.69) is 21.9 Å². The Morgan fingerprint density at radius 2 is 1.22 bits per heavy atom. The molecule has 3 amide bonds. The van der Waals surface area contributed by atoms with E-state index in [1.54, 1.807) is 0 Å². The van der Waals surface area contributed by atoms with Gasteiger partial charge in [-0.05, 0) is 49.8 Å². The number of rotatable bonds is 17. The van der Waals surface area contributed by atoms with E-state index in [4.69, 9.17) is 12.2 Å². The van der Waals surface area contributed by atoms with Crippen molar-refractivity contribution in [3.05, 3.63) is 29.8 Å². The molecular formula is C25H38N4O3. The quantitative estimate of drug-likeness (QED) is 0.169. The fraction of sp³-hybridized carbons (Fsp3) is 0.560. The molecule has 32 heavy (non-hydrogen) atoms. The minimum absolute atomic E-state index is 0.0173. The maximum Gasteiger partial charge on any atom is 0.220 e. The zero-order valence-corrected chi connectivity index (χ0v) is 19.1. The Labute approximate surface area is 192 Å². The molecule has 0 atom stereocenters. The fourth-order valence-corrected chi connectivity index (χ4v) is 3.11. The lowest BCUT2D eigenvalue weighted by molar-refractivity contribution is -0.122. The molecule has 0 bridgehead atoms. The molecule has 0 aliphatic rings. The first-order valence-electron chi connectivity index (χ1n) is 11.6. The van der Waals surface area contributed by atoms with E-state index >= 15 is 0 Å². The second kappa shape index (κ2) is 17.6. The molecule has 0 spiro atoms. The first-order valence-corrected chi connectivity index (χ1v) is 11.6. The molecule has 0 saturated carbocycles. The van der Waals surface area contributed by atoms with E-state index in [9.17, 15) is 14.4 Å². The maximum atomic E-state index is 11.9. The summed E-state index contributed by atoms with van der Waals surface area (Å²) in [4.78, 5) is 35.1. The third-order valence-corrected chi connectivity index (χ3v) is 5.02. The van der Waals surface area contributed by atoms with Crippen LogP contribution >= 0.6 is 0 Å². The summed E-state index contributed by atoms with van der Waals surface area (Å²) in [5, 5.41) is 8.68. The molecule has 0 fully saturated rings. The van der Waals surface area contributed by atoms with Gasteiger partial charge in [0.15, 0.2) is 0 Å². The van der Waals surface area contributed by atoms with Crippen LogP contribution in [0.3, 0.4) is 0 Å². The number of benzene rings is 1. The first-order chi connectivity index (χ1) is 15.5. The van der Waals surface area contributed by atoms with Crippen molar-refractivity contribution in [3.8, 4) is 12.3 Å². The van der Waals surface area contributed by atoms with Crippen molar-refractivity contribution in [2.45, 2.75) is 70.6 Å². The van der Waals surface area contributed by atoms with Gasteiger partial charge in [-0.2, -0.15) is 0 Å². The normalized spacial score (nSPS) is 10.2. The zero-order valence-electron chi connectivity index (χ0n) is 19.1. The Balaban J connectivity index is 1.89. The van der Waals surface area contributed by atoms with Crippen molar-refractivity contribution in [1.29, 1.82) is 0 Å². The summed E-state index contributed by atoms with van der Waals surface area (Å²) in [6, 6.07) is 7.67. The van der Waals surface area contributed by atoms with Crippen molar-refractivity contribution < 1.29 is 14.4 Å². The predicted molar refractivity (Wildman–Crippen MR) is 129 cm³/mol. The van der Waals surface area contributed by atoms with Gasteiger partial charge in [-0.25, -0.2) is 0 Å². The van der Waals surface area contributed by atoms with Crippen LogP contribution in [0.1, 0.15) is 69.8 Å². The smallest absolute Gasteiger partial charge is 0.220 e. The summed E-state index contributed by atoms with van der Waals surface area (Å²) in [5.74, 6) is 2.55. The van der Waals surface area contributed by atoms with E-state index in [1.165, 1.54) is 0 Å². The number of nitrogens with one attached hydrogen (secondary N) is 3. The van der Waals surface area contributed by atoms with E-state index in [-0.39, 0.29) is 17.7 Å². The zero-order chi connectivity index (χ0) is 23.4. The van der Waals surface area contributed by atoms with Gasteiger partial charge in [-0.1, -0.05) is 25.0 Å². The highest BCUT2D eigenvalue weighted by atomic mass is 16.2. The van der Waals surface area contributed by atoms with Crippen LogP contribution < -0.4 is 21.7 Å². The minimum atomic E-state index is -0.0173. The van der Waals surface area contributed by atoms with Crippen molar-refractivity contribution in [3.63, 3.8) is 0 Å². The molecule has 1 rings (SSSR count). The second-order valence-electron chi connectivity index (χ2n) is 7.87. The number of hydrogen-bond donors (Lipinski definition) is 4. The molecule has 0 radical (unpaired) electrons. The van der Waals surface area contributed by atoms with E-state index < -0.39 is 0 Å². The monoisotopic (exact) mass is 442 g/mol. The van der Waals surface area contributed by atoms with E-state index in [0.717, 1.165) is 56.2 Å². The molecule has 0 heterocycles. The number of nitrogens with two attached hydrogens (primary N) is 1. The molecular weight excluding hydrogens is 404 g/mol. The number of carbonyl (C=O) groups is 3. The van der Waals surface area contributed by atoms with Crippen LogP contribution in [0.5, 0.6) is 0 Å². The Kier molecular flexibility index (Phi) is 14.9. The largest absolute Gasteiger partial charge is 0.399 e. The van der Waals surface area contributed by atoms with Gasteiger partial charge in [-0.15, -0.1) is 12.3 Å². The van der Waals surface area contributed by atoms with Gasteiger partial charge < -0.3 is 21.7 Å². The minimum Gasteiger partial charge on any atom is -0.399 e. The van der Waals surface area contributed by atoms with Gasteiger partial charge >= 0.3 is 0 Å². The van der Waals surface area contributed by atoms with Gasteiger partial charge in [0.1, 0.15) is 0 Å². The Hall–Kier alpha value is -3.01. The Morgan fingerprint density at radius 1 is 0.719 bits per heavy atom. The molecule has 176 valence electrons. The van der Waals surface area contributed by atoms with Crippen LogP contribution in [0.25, 0.3) is 0 Å². The highest BCUT2D eigenvalue weighted by Gasteiger charge is 2.03. The molecule has 0 saturated heterocycles. The van der Waals surface area contributed by atoms with Gasteiger partial charge in [-0.3, -0.25) is 14.4 Å². The lowest BCUT2D eigenvalue weighted by Crippen LogP contribution is -2.26. The number of carbonyl (C=O) groups excluding carboxylic acids is 3. The predicted octanol–water partition coefficient (Wildman–Crippen LogP) is 2.69. The number of anilines is 1. The summed E-state index contributed by atoms with van der Waals surface area (Å²) < 4.78 is 0. The van der Waals surface area contributed by atoms with E-state index in [0.29, 0.717) is 45.3 Å². The van der Waals surface area contributed by atoms with Crippen LogP contribution in [0.2, 0.25) is 0 Å². The van der Waals surface area contributed by atoms with Crippen molar-refractivity contribution in [2.75, 3.05) is 25.4 Å². The Bertz CT molecular complexity index is 726. The van der Waals surface area contributed by atoms with Crippen LogP contribution in [0.15, 0.2) is 24.3 Å². The summed E-state index contributed by atoms with van der Waals surface area (Å²) in [6.07, 6.45) is 12.9. The molecule has 7 nitrogen and oxygen atoms in total. The molecule has 0 aliphatic carbocycles. The van der Waals surface area contributed by atoms with Crippen molar-refractivity contribution >= 4 is 23.4 Å². The Morgan fingerprint density at radius 3 is 1.75 bits per heavy atom. The lowest BCUT2D eigenvalue weighted by Gasteiger charge is -2.07. The summed E-state index contributed by atoms with van der Waals surface area (Å²) in [5.41, 5.74) is 7.55. The molecule has 1 aromatic carbocycles. The maximum absolute atomic E-state index is 11.9. The standard InChI is InChI=1S/C25H38N4O3/c1-2-3-10-23(30)27-18-8-4-6-11-24(31)28-19-9-5-7-12-25(32)29-20-17-21-13-15-22(26)16-14-21/h1,13-16H,3-12,17-20,26H2,(H,27,30)(H,28,31)(H,29,32). The number of amides is 3. The summed E-state index contributed by atoms with van der Waals surface area (Å²) >= 11 is 0. The van der Waals surface area contributed by atoms with E-state index in [1.807, 2.05) is 24.3 Å². The van der Waals surface area contributed by atoms with Gasteiger partial charge in [0.25, 0.3) is 0 Å². The molecule has 1 aromatic rings. The first kappa shape index (κ1) is 27.0. The topological polar surface area (TPSA) is 113 Å². The summed E-state index contributed by atoms with van der Waals surface area (Å²) in [6.45, 7) is 1.89. The third kappa shape index (κ3) is 14.9.